The topological polar surface area (TPSA) is 69.2 Å². The highest BCUT2D eigenvalue weighted by Crippen LogP contribution is 2.24. The Balaban J connectivity index is 1.79. The quantitative estimate of drug-likeness (QED) is 0.835. The number of rotatable bonds is 4. The van der Waals surface area contributed by atoms with Gasteiger partial charge in [0.2, 0.25) is 5.89 Å². The first-order valence-corrected chi connectivity index (χ1v) is 6.90. The highest BCUT2D eigenvalue weighted by molar-refractivity contribution is 5.03. The van der Waals surface area contributed by atoms with E-state index in [4.69, 9.17) is 9.26 Å². The molecular formula is C13H19N5O2. The monoisotopic (exact) mass is 277 g/mol. The van der Waals surface area contributed by atoms with E-state index in [1.807, 2.05) is 17.8 Å². The van der Waals surface area contributed by atoms with Crippen molar-refractivity contribution in [1.29, 1.82) is 0 Å². The number of nitrogens with zero attached hydrogens (tertiary/aromatic N) is 5. The molecule has 2 aromatic heterocycles. The van der Waals surface area contributed by atoms with Gasteiger partial charge in [-0.15, -0.1) is 0 Å². The fraction of sp³-hybridized carbons (Fsp3) is 0.615. The van der Waals surface area contributed by atoms with E-state index >= 15 is 0 Å². The second kappa shape index (κ2) is 5.72. The van der Waals surface area contributed by atoms with E-state index in [9.17, 15) is 0 Å². The van der Waals surface area contributed by atoms with Gasteiger partial charge < -0.3 is 9.26 Å². The molecule has 7 heteroatoms. The summed E-state index contributed by atoms with van der Waals surface area (Å²) in [4.78, 5) is 6.64. The fourth-order valence-corrected chi connectivity index (χ4v) is 2.49. The minimum Gasteiger partial charge on any atom is -0.378 e. The Hall–Kier alpha value is -1.73. The standard InChI is InChI=1S/C13H19N5O2/c1-3-18-11(4-5-14-18)8-17-6-7-19-9-12(17)13-15-10(2)16-20-13/h4-5,12H,3,6-9H2,1-2H3/t12-/m0/s1. The molecule has 20 heavy (non-hydrogen) atoms. The molecule has 3 rings (SSSR count). The molecular weight excluding hydrogens is 258 g/mol. The number of hydrogen-bond donors (Lipinski definition) is 0. The van der Waals surface area contributed by atoms with Gasteiger partial charge in [0.25, 0.3) is 0 Å². The van der Waals surface area contributed by atoms with Crippen LogP contribution in [0.4, 0.5) is 0 Å². The van der Waals surface area contributed by atoms with Gasteiger partial charge in [-0.3, -0.25) is 9.58 Å². The first kappa shape index (κ1) is 13.3. The molecule has 1 aliphatic rings. The minimum atomic E-state index is 0.0187. The maximum atomic E-state index is 5.56. The number of aryl methyl sites for hydroxylation is 2. The highest BCUT2D eigenvalue weighted by Gasteiger charge is 2.29. The molecule has 1 fully saturated rings. The molecule has 7 nitrogen and oxygen atoms in total. The van der Waals surface area contributed by atoms with Crippen LogP contribution < -0.4 is 0 Å². The molecule has 0 aliphatic carbocycles. The van der Waals surface area contributed by atoms with Crippen LogP contribution in [-0.2, 0) is 17.8 Å². The maximum Gasteiger partial charge on any atom is 0.246 e. The molecule has 0 amide bonds. The summed E-state index contributed by atoms with van der Waals surface area (Å²) >= 11 is 0. The molecule has 0 radical (unpaired) electrons. The molecule has 0 unspecified atom stereocenters. The molecule has 1 aliphatic heterocycles. The zero-order valence-electron chi connectivity index (χ0n) is 11.8. The molecule has 0 N–H and O–H groups in total. The van der Waals surface area contributed by atoms with Crippen molar-refractivity contribution in [1.82, 2.24) is 24.8 Å². The molecule has 0 saturated carbocycles. The first-order valence-electron chi connectivity index (χ1n) is 6.90. The molecule has 1 saturated heterocycles. The molecule has 0 spiro atoms. The van der Waals surface area contributed by atoms with E-state index in [0.717, 1.165) is 26.2 Å². The lowest BCUT2D eigenvalue weighted by atomic mass is 10.2. The Morgan fingerprint density at radius 3 is 3.10 bits per heavy atom. The van der Waals surface area contributed by atoms with Crippen LogP contribution in [0.5, 0.6) is 0 Å². The zero-order valence-corrected chi connectivity index (χ0v) is 11.8. The summed E-state index contributed by atoms with van der Waals surface area (Å²) in [5.74, 6) is 1.29. The van der Waals surface area contributed by atoms with Crippen molar-refractivity contribution in [3.05, 3.63) is 29.7 Å². The summed E-state index contributed by atoms with van der Waals surface area (Å²) in [6.07, 6.45) is 1.84. The van der Waals surface area contributed by atoms with Gasteiger partial charge in [0.1, 0.15) is 6.04 Å². The Kier molecular flexibility index (Phi) is 3.79. The summed E-state index contributed by atoms with van der Waals surface area (Å²) < 4.78 is 12.9. The van der Waals surface area contributed by atoms with Crippen LogP contribution in [0.2, 0.25) is 0 Å². The predicted octanol–water partition coefficient (Wildman–Crippen LogP) is 1.17. The lowest BCUT2D eigenvalue weighted by molar-refractivity contribution is -0.0251. The number of ether oxygens (including phenoxy) is 1. The van der Waals surface area contributed by atoms with Crippen LogP contribution in [0.15, 0.2) is 16.8 Å². The number of hydrogen-bond acceptors (Lipinski definition) is 6. The van der Waals surface area contributed by atoms with E-state index in [2.05, 4.69) is 33.1 Å². The van der Waals surface area contributed by atoms with E-state index in [1.165, 1.54) is 5.69 Å². The molecule has 2 aromatic rings. The second-order valence-corrected chi connectivity index (χ2v) is 4.88. The number of morpholine rings is 1. The minimum absolute atomic E-state index is 0.0187. The lowest BCUT2D eigenvalue weighted by Gasteiger charge is -2.33. The van der Waals surface area contributed by atoms with Gasteiger partial charge in [-0.25, -0.2) is 0 Å². The van der Waals surface area contributed by atoms with Gasteiger partial charge in [-0.2, -0.15) is 10.1 Å². The third kappa shape index (κ3) is 2.59. The van der Waals surface area contributed by atoms with Crippen LogP contribution >= 0.6 is 0 Å². The molecule has 0 bridgehead atoms. The van der Waals surface area contributed by atoms with E-state index < -0.39 is 0 Å². The lowest BCUT2D eigenvalue weighted by Crippen LogP contribution is -2.39. The van der Waals surface area contributed by atoms with Gasteiger partial charge >= 0.3 is 0 Å². The molecule has 108 valence electrons. The van der Waals surface area contributed by atoms with Gasteiger partial charge in [-0.05, 0) is 19.9 Å². The van der Waals surface area contributed by atoms with Crippen molar-refractivity contribution < 1.29 is 9.26 Å². The van der Waals surface area contributed by atoms with Crippen LogP contribution in [0.3, 0.4) is 0 Å². The van der Waals surface area contributed by atoms with Crippen molar-refractivity contribution in [2.75, 3.05) is 19.8 Å². The van der Waals surface area contributed by atoms with Crippen molar-refractivity contribution in [3.8, 4) is 0 Å². The second-order valence-electron chi connectivity index (χ2n) is 4.88. The Labute approximate surface area is 117 Å². The largest absolute Gasteiger partial charge is 0.378 e. The third-order valence-electron chi connectivity index (χ3n) is 3.54. The molecule has 3 heterocycles. The van der Waals surface area contributed by atoms with Crippen LogP contribution in [0.25, 0.3) is 0 Å². The summed E-state index contributed by atoms with van der Waals surface area (Å²) in [6, 6.07) is 2.07. The van der Waals surface area contributed by atoms with E-state index in [1.54, 1.807) is 0 Å². The molecule has 1 atom stereocenters. The first-order chi connectivity index (χ1) is 9.78. The summed E-state index contributed by atoms with van der Waals surface area (Å²) in [5.41, 5.74) is 1.19. The smallest absolute Gasteiger partial charge is 0.246 e. The van der Waals surface area contributed by atoms with Gasteiger partial charge in [-0.1, -0.05) is 5.16 Å². The summed E-state index contributed by atoms with van der Waals surface area (Å²) in [7, 11) is 0. The predicted molar refractivity (Wildman–Crippen MR) is 70.9 cm³/mol. The van der Waals surface area contributed by atoms with Crippen molar-refractivity contribution in [3.63, 3.8) is 0 Å². The third-order valence-corrected chi connectivity index (χ3v) is 3.54. The average molecular weight is 277 g/mol. The zero-order chi connectivity index (χ0) is 13.9. The van der Waals surface area contributed by atoms with Crippen LogP contribution in [0, 0.1) is 6.92 Å². The SMILES string of the molecule is CCn1nccc1CN1CCOC[C@H]1c1nc(C)no1. The summed E-state index contributed by atoms with van der Waals surface area (Å²) in [5, 5.41) is 8.18. The van der Waals surface area contributed by atoms with E-state index in [-0.39, 0.29) is 6.04 Å². The van der Waals surface area contributed by atoms with E-state index in [0.29, 0.717) is 18.3 Å². The van der Waals surface area contributed by atoms with Gasteiger partial charge in [0.15, 0.2) is 5.82 Å². The molecule has 0 aromatic carbocycles. The van der Waals surface area contributed by atoms with Gasteiger partial charge in [0, 0.05) is 25.8 Å². The Morgan fingerprint density at radius 2 is 2.35 bits per heavy atom. The average Bonchev–Trinajstić information content (AvgIpc) is 3.08. The van der Waals surface area contributed by atoms with Crippen molar-refractivity contribution >= 4 is 0 Å². The maximum absolute atomic E-state index is 5.56. The van der Waals surface area contributed by atoms with Crippen molar-refractivity contribution in [2.24, 2.45) is 0 Å². The number of aromatic nitrogens is 4. The normalized spacial score (nSPS) is 20.4. The Bertz CT molecular complexity index is 565. The Morgan fingerprint density at radius 1 is 1.45 bits per heavy atom. The summed E-state index contributed by atoms with van der Waals surface area (Å²) in [6.45, 7) is 7.76. The van der Waals surface area contributed by atoms with Crippen LogP contribution in [-0.4, -0.2) is 44.6 Å². The fourth-order valence-electron chi connectivity index (χ4n) is 2.49. The van der Waals surface area contributed by atoms with Crippen molar-refractivity contribution in [2.45, 2.75) is 33.0 Å². The van der Waals surface area contributed by atoms with Gasteiger partial charge in [0.05, 0.1) is 18.9 Å². The highest BCUT2D eigenvalue weighted by atomic mass is 16.5. The van der Waals surface area contributed by atoms with Crippen LogP contribution in [0.1, 0.15) is 30.4 Å².